The Morgan fingerprint density at radius 2 is 2.44 bits per heavy atom. The fourth-order valence-electron chi connectivity index (χ4n) is 2.31. The molecule has 0 saturated carbocycles. The van der Waals surface area contributed by atoms with Crippen molar-refractivity contribution in [1.82, 2.24) is 9.88 Å². The van der Waals surface area contributed by atoms with Crippen LogP contribution in [0.5, 0.6) is 0 Å². The highest BCUT2D eigenvalue weighted by Gasteiger charge is 2.18. The van der Waals surface area contributed by atoms with Crippen LogP contribution in [0.4, 0.5) is 5.69 Å². The smallest absolute Gasteiger partial charge is 0.122 e. The molecule has 0 bridgehead atoms. The molecule has 1 unspecified atom stereocenters. The maximum Gasteiger partial charge on any atom is 0.122 e. The molecule has 0 amide bonds. The number of piperidine rings is 1. The van der Waals surface area contributed by atoms with E-state index in [9.17, 15) is 0 Å². The molecule has 0 spiro atoms. The molecule has 1 aromatic rings. The number of anilines is 1. The lowest BCUT2D eigenvalue weighted by Gasteiger charge is -2.32. The predicted molar refractivity (Wildman–Crippen MR) is 78.9 cm³/mol. The van der Waals surface area contributed by atoms with Gasteiger partial charge in [-0.15, -0.1) is 0 Å². The highest BCUT2D eigenvalue weighted by atomic mass is 32.1. The van der Waals surface area contributed by atoms with Crippen molar-refractivity contribution in [2.24, 2.45) is 5.73 Å². The molecule has 5 heteroatoms. The lowest BCUT2D eigenvalue weighted by atomic mass is 10.0. The molecule has 2 heterocycles. The zero-order valence-electron chi connectivity index (χ0n) is 10.7. The fraction of sp³-hybridized carbons (Fsp3) is 0.538. The van der Waals surface area contributed by atoms with E-state index in [1.807, 2.05) is 12.1 Å². The fourth-order valence-corrected chi connectivity index (χ4v) is 2.42. The van der Waals surface area contributed by atoms with Gasteiger partial charge in [0.2, 0.25) is 0 Å². The first-order valence-corrected chi connectivity index (χ1v) is 6.77. The first kappa shape index (κ1) is 13.2. The molecule has 0 aliphatic carbocycles. The van der Waals surface area contributed by atoms with Crippen molar-refractivity contribution in [1.29, 1.82) is 0 Å². The van der Waals surface area contributed by atoms with Gasteiger partial charge in [-0.25, -0.2) is 0 Å². The van der Waals surface area contributed by atoms with E-state index in [1.54, 1.807) is 6.20 Å². The molecular weight excluding hydrogens is 244 g/mol. The van der Waals surface area contributed by atoms with E-state index >= 15 is 0 Å². The lowest BCUT2D eigenvalue weighted by molar-refractivity contribution is 0.194. The Bertz CT molecular complexity index is 421. The molecule has 1 saturated heterocycles. The van der Waals surface area contributed by atoms with Crippen LogP contribution in [-0.2, 0) is 0 Å². The number of aromatic nitrogens is 1. The summed E-state index contributed by atoms with van der Waals surface area (Å²) in [7, 11) is 2.19. The molecule has 1 atom stereocenters. The van der Waals surface area contributed by atoms with E-state index in [-0.39, 0.29) is 0 Å². The van der Waals surface area contributed by atoms with Crippen molar-refractivity contribution in [2.75, 3.05) is 25.5 Å². The summed E-state index contributed by atoms with van der Waals surface area (Å²) in [5, 5.41) is 3.44. The standard InChI is InChI=1S/C13H20N4S/c1-17-7-3-2-4-11(17)9-16-10-5-6-15-12(8-10)13(14)18/h5-6,8,11H,2-4,7,9H2,1H3,(H2,14,18)(H,15,16). The van der Waals surface area contributed by atoms with Crippen LogP contribution in [-0.4, -0.2) is 41.1 Å². The van der Waals surface area contributed by atoms with Crippen LogP contribution in [0.15, 0.2) is 18.3 Å². The third-order valence-corrected chi connectivity index (χ3v) is 3.68. The Labute approximate surface area is 114 Å². The van der Waals surface area contributed by atoms with E-state index in [0.717, 1.165) is 12.2 Å². The van der Waals surface area contributed by atoms with Gasteiger partial charge in [-0.2, -0.15) is 0 Å². The topological polar surface area (TPSA) is 54.2 Å². The Morgan fingerprint density at radius 3 is 3.17 bits per heavy atom. The second-order valence-corrected chi connectivity index (χ2v) is 5.24. The molecule has 1 aliphatic rings. The van der Waals surface area contributed by atoms with E-state index in [4.69, 9.17) is 18.0 Å². The van der Waals surface area contributed by atoms with Gasteiger partial charge in [0, 0.05) is 24.5 Å². The van der Waals surface area contributed by atoms with Crippen molar-refractivity contribution < 1.29 is 0 Å². The molecule has 98 valence electrons. The summed E-state index contributed by atoms with van der Waals surface area (Å²) in [6, 6.07) is 4.47. The van der Waals surface area contributed by atoms with Crippen molar-refractivity contribution >= 4 is 22.9 Å². The molecular formula is C13H20N4S. The van der Waals surface area contributed by atoms with Gasteiger partial charge in [0.1, 0.15) is 4.99 Å². The first-order chi connectivity index (χ1) is 8.66. The third-order valence-electron chi connectivity index (χ3n) is 3.48. The minimum absolute atomic E-state index is 0.341. The Balaban J connectivity index is 1.93. The van der Waals surface area contributed by atoms with Crippen molar-refractivity contribution in [2.45, 2.75) is 25.3 Å². The van der Waals surface area contributed by atoms with Gasteiger partial charge in [0.15, 0.2) is 0 Å². The number of hydrogen-bond acceptors (Lipinski definition) is 4. The van der Waals surface area contributed by atoms with E-state index in [0.29, 0.717) is 16.7 Å². The zero-order chi connectivity index (χ0) is 13.0. The Morgan fingerprint density at radius 1 is 1.61 bits per heavy atom. The summed E-state index contributed by atoms with van der Waals surface area (Å²) < 4.78 is 0. The van der Waals surface area contributed by atoms with Gasteiger partial charge in [0.05, 0.1) is 5.69 Å². The SMILES string of the molecule is CN1CCCCC1CNc1ccnc(C(N)=S)c1. The van der Waals surface area contributed by atoms with Gasteiger partial charge >= 0.3 is 0 Å². The number of rotatable bonds is 4. The van der Waals surface area contributed by atoms with E-state index < -0.39 is 0 Å². The van der Waals surface area contributed by atoms with Crippen LogP contribution in [0.3, 0.4) is 0 Å². The minimum Gasteiger partial charge on any atom is -0.388 e. The quantitative estimate of drug-likeness (QED) is 0.809. The average molecular weight is 264 g/mol. The number of nitrogens with two attached hydrogens (primary N) is 1. The summed E-state index contributed by atoms with van der Waals surface area (Å²) in [5.74, 6) is 0. The molecule has 1 aliphatic heterocycles. The Hall–Kier alpha value is -1.20. The lowest BCUT2D eigenvalue weighted by Crippen LogP contribution is -2.40. The second kappa shape index (κ2) is 6.11. The summed E-state index contributed by atoms with van der Waals surface area (Å²) in [4.78, 5) is 6.90. The molecule has 1 aromatic heterocycles. The summed E-state index contributed by atoms with van der Waals surface area (Å²) in [6.45, 7) is 2.15. The molecule has 18 heavy (non-hydrogen) atoms. The highest BCUT2D eigenvalue weighted by Crippen LogP contribution is 2.16. The van der Waals surface area contributed by atoms with Gasteiger partial charge < -0.3 is 16.0 Å². The average Bonchev–Trinajstić information content (AvgIpc) is 2.38. The number of likely N-dealkylation sites (tertiary alicyclic amines) is 1. The summed E-state index contributed by atoms with van der Waals surface area (Å²) >= 11 is 4.93. The largest absolute Gasteiger partial charge is 0.388 e. The number of pyridine rings is 1. The van der Waals surface area contributed by atoms with Crippen LogP contribution >= 0.6 is 12.2 Å². The molecule has 4 nitrogen and oxygen atoms in total. The number of likely N-dealkylation sites (N-methyl/N-ethyl adjacent to an activating group) is 1. The normalized spacial score (nSPS) is 20.6. The van der Waals surface area contributed by atoms with Crippen LogP contribution in [0.2, 0.25) is 0 Å². The van der Waals surface area contributed by atoms with Crippen molar-refractivity contribution in [3.05, 3.63) is 24.0 Å². The first-order valence-electron chi connectivity index (χ1n) is 6.37. The van der Waals surface area contributed by atoms with E-state index in [1.165, 1.54) is 25.8 Å². The Kier molecular flexibility index (Phi) is 4.49. The molecule has 0 radical (unpaired) electrons. The zero-order valence-corrected chi connectivity index (χ0v) is 11.5. The molecule has 3 N–H and O–H groups in total. The predicted octanol–water partition coefficient (Wildman–Crippen LogP) is 1.61. The van der Waals surface area contributed by atoms with Gasteiger partial charge in [-0.05, 0) is 38.6 Å². The van der Waals surface area contributed by atoms with E-state index in [2.05, 4.69) is 22.2 Å². The number of hydrogen-bond donors (Lipinski definition) is 2. The van der Waals surface area contributed by atoms with Crippen LogP contribution in [0.25, 0.3) is 0 Å². The molecule has 1 fully saturated rings. The molecule has 0 aromatic carbocycles. The van der Waals surface area contributed by atoms with Crippen molar-refractivity contribution in [3.63, 3.8) is 0 Å². The van der Waals surface area contributed by atoms with Crippen LogP contribution in [0.1, 0.15) is 25.0 Å². The minimum atomic E-state index is 0.341. The van der Waals surface area contributed by atoms with Crippen molar-refractivity contribution in [3.8, 4) is 0 Å². The second-order valence-electron chi connectivity index (χ2n) is 4.81. The number of nitrogens with one attached hydrogen (secondary N) is 1. The molecule has 2 rings (SSSR count). The monoisotopic (exact) mass is 264 g/mol. The summed E-state index contributed by atoms with van der Waals surface area (Å²) in [6.07, 6.45) is 5.64. The maximum absolute atomic E-state index is 5.58. The number of thiocarbonyl (C=S) groups is 1. The maximum atomic E-state index is 5.58. The number of nitrogens with zero attached hydrogens (tertiary/aromatic N) is 2. The van der Waals surface area contributed by atoms with Crippen LogP contribution < -0.4 is 11.1 Å². The van der Waals surface area contributed by atoms with Gasteiger partial charge in [0.25, 0.3) is 0 Å². The summed E-state index contributed by atoms with van der Waals surface area (Å²) in [5.41, 5.74) is 7.28. The highest BCUT2D eigenvalue weighted by molar-refractivity contribution is 7.80. The van der Waals surface area contributed by atoms with Gasteiger partial charge in [-0.3, -0.25) is 4.98 Å². The van der Waals surface area contributed by atoms with Crippen LogP contribution in [0, 0.1) is 0 Å². The third kappa shape index (κ3) is 3.40. The van der Waals surface area contributed by atoms with Gasteiger partial charge in [-0.1, -0.05) is 18.6 Å².